The first-order chi connectivity index (χ1) is 6.70. The lowest BCUT2D eigenvalue weighted by Gasteiger charge is -2.15. The second-order valence-corrected chi connectivity index (χ2v) is 3.18. The first-order valence-corrected chi connectivity index (χ1v) is 4.79. The van der Waals surface area contributed by atoms with E-state index in [1.165, 1.54) is 0 Å². The van der Waals surface area contributed by atoms with Crippen molar-refractivity contribution in [2.75, 3.05) is 54.0 Å². The first kappa shape index (κ1) is 13.4. The molecule has 14 heavy (non-hydrogen) atoms. The lowest BCUT2D eigenvalue weighted by molar-refractivity contribution is -0.120. The molecule has 0 rings (SSSR count). The van der Waals surface area contributed by atoms with Crippen molar-refractivity contribution in [1.82, 2.24) is 15.5 Å². The van der Waals surface area contributed by atoms with Gasteiger partial charge in [0.1, 0.15) is 0 Å². The van der Waals surface area contributed by atoms with Gasteiger partial charge < -0.3 is 20.3 Å². The molecule has 0 spiro atoms. The summed E-state index contributed by atoms with van der Waals surface area (Å²) in [6.45, 7) is 3.51. The van der Waals surface area contributed by atoms with Crippen molar-refractivity contribution in [2.24, 2.45) is 0 Å². The average molecular weight is 203 g/mol. The molecule has 0 aliphatic carbocycles. The molecular weight excluding hydrogens is 182 g/mol. The minimum atomic E-state index is 0.0349. The molecule has 0 aliphatic rings. The van der Waals surface area contributed by atoms with Crippen molar-refractivity contribution < 1.29 is 9.53 Å². The third-order valence-corrected chi connectivity index (χ3v) is 1.83. The summed E-state index contributed by atoms with van der Waals surface area (Å²) in [7, 11) is 5.44. The summed E-state index contributed by atoms with van der Waals surface area (Å²) in [5.74, 6) is 0.0349. The smallest absolute Gasteiger partial charge is 0.233 e. The zero-order valence-corrected chi connectivity index (χ0v) is 9.30. The van der Waals surface area contributed by atoms with Gasteiger partial charge in [-0.1, -0.05) is 0 Å². The van der Waals surface area contributed by atoms with E-state index in [2.05, 4.69) is 15.5 Å². The largest absolute Gasteiger partial charge is 0.383 e. The van der Waals surface area contributed by atoms with Crippen molar-refractivity contribution in [2.45, 2.75) is 0 Å². The quantitative estimate of drug-likeness (QED) is 0.526. The number of amides is 1. The van der Waals surface area contributed by atoms with Crippen LogP contribution in [0.15, 0.2) is 0 Å². The lowest BCUT2D eigenvalue weighted by atomic mass is 10.5. The molecule has 5 heteroatoms. The average Bonchev–Trinajstić information content (AvgIpc) is 2.15. The van der Waals surface area contributed by atoms with E-state index in [4.69, 9.17) is 4.74 Å². The highest BCUT2D eigenvalue weighted by molar-refractivity contribution is 5.77. The minimum Gasteiger partial charge on any atom is -0.383 e. The van der Waals surface area contributed by atoms with Crippen LogP contribution in [0.25, 0.3) is 0 Å². The molecule has 0 aromatic heterocycles. The van der Waals surface area contributed by atoms with Crippen molar-refractivity contribution in [3.63, 3.8) is 0 Å². The summed E-state index contributed by atoms with van der Waals surface area (Å²) in [6.07, 6.45) is 0. The maximum atomic E-state index is 11.0. The molecule has 0 atom stereocenters. The number of nitrogens with one attached hydrogen (secondary N) is 2. The molecule has 1 amide bonds. The van der Waals surface area contributed by atoms with Gasteiger partial charge >= 0.3 is 0 Å². The lowest BCUT2D eigenvalue weighted by Crippen LogP contribution is -2.37. The molecule has 0 saturated heterocycles. The molecule has 2 N–H and O–H groups in total. The first-order valence-electron chi connectivity index (χ1n) is 4.79. The van der Waals surface area contributed by atoms with Crippen LogP contribution in [-0.2, 0) is 9.53 Å². The maximum Gasteiger partial charge on any atom is 0.233 e. The predicted octanol–water partition coefficient (Wildman–Crippen LogP) is -1.10. The van der Waals surface area contributed by atoms with E-state index < -0.39 is 0 Å². The monoisotopic (exact) mass is 203 g/mol. The van der Waals surface area contributed by atoms with E-state index >= 15 is 0 Å². The Bertz CT molecular complexity index is 153. The Morgan fingerprint density at radius 1 is 1.43 bits per heavy atom. The van der Waals surface area contributed by atoms with Crippen LogP contribution in [-0.4, -0.2) is 64.8 Å². The summed E-state index contributed by atoms with van der Waals surface area (Å²) in [4.78, 5) is 13.1. The number of methoxy groups -OCH3 is 1. The van der Waals surface area contributed by atoms with Crippen LogP contribution < -0.4 is 10.6 Å². The van der Waals surface area contributed by atoms with Gasteiger partial charge in [-0.2, -0.15) is 0 Å². The molecule has 0 radical (unpaired) electrons. The van der Waals surface area contributed by atoms with Crippen LogP contribution in [0.5, 0.6) is 0 Å². The molecule has 0 aromatic rings. The van der Waals surface area contributed by atoms with Gasteiger partial charge in [0.25, 0.3) is 0 Å². The number of likely N-dealkylation sites (N-methyl/N-ethyl adjacent to an activating group) is 2. The van der Waals surface area contributed by atoms with E-state index in [0.29, 0.717) is 13.1 Å². The van der Waals surface area contributed by atoms with Gasteiger partial charge in [-0.25, -0.2) is 0 Å². The van der Waals surface area contributed by atoms with E-state index in [-0.39, 0.29) is 5.91 Å². The number of nitrogens with zero attached hydrogens (tertiary/aromatic N) is 1. The third-order valence-electron chi connectivity index (χ3n) is 1.83. The summed E-state index contributed by atoms with van der Waals surface area (Å²) in [5.41, 5.74) is 0. The van der Waals surface area contributed by atoms with E-state index in [9.17, 15) is 4.79 Å². The summed E-state index contributed by atoms with van der Waals surface area (Å²) >= 11 is 0. The number of hydrogen-bond acceptors (Lipinski definition) is 4. The highest BCUT2D eigenvalue weighted by Gasteiger charge is 2.00. The van der Waals surface area contributed by atoms with Crippen molar-refractivity contribution in [1.29, 1.82) is 0 Å². The van der Waals surface area contributed by atoms with Crippen LogP contribution in [0.1, 0.15) is 0 Å². The Kier molecular flexibility index (Phi) is 8.51. The van der Waals surface area contributed by atoms with Crippen LogP contribution in [0.3, 0.4) is 0 Å². The van der Waals surface area contributed by atoms with Crippen LogP contribution in [0.2, 0.25) is 0 Å². The number of ether oxygens (including phenoxy) is 1. The molecule has 0 aliphatic heterocycles. The van der Waals surface area contributed by atoms with E-state index in [1.807, 2.05) is 7.05 Å². The summed E-state index contributed by atoms with van der Waals surface area (Å²) in [5, 5.41) is 5.60. The zero-order chi connectivity index (χ0) is 10.8. The third kappa shape index (κ3) is 7.97. The molecule has 0 unspecified atom stereocenters. The number of carbonyl (C=O) groups is 1. The molecule has 84 valence electrons. The number of rotatable bonds is 8. The Morgan fingerprint density at radius 3 is 2.71 bits per heavy atom. The topological polar surface area (TPSA) is 53.6 Å². The highest BCUT2D eigenvalue weighted by Crippen LogP contribution is 1.80. The fraction of sp³-hybridized carbons (Fsp3) is 0.889. The highest BCUT2D eigenvalue weighted by atomic mass is 16.5. The van der Waals surface area contributed by atoms with Crippen molar-refractivity contribution >= 4 is 5.91 Å². The van der Waals surface area contributed by atoms with Gasteiger partial charge in [0.15, 0.2) is 0 Å². The molecular formula is C9H21N3O2. The number of hydrogen-bond donors (Lipinski definition) is 2. The molecule has 0 saturated carbocycles. The van der Waals surface area contributed by atoms with Gasteiger partial charge in [-0.3, -0.25) is 4.79 Å². The van der Waals surface area contributed by atoms with Crippen LogP contribution in [0, 0.1) is 0 Å². The maximum absolute atomic E-state index is 11.0. The van der Waals surface area contributed by atoms with Crippen molar-refractivity contribution in [3.05, 3.63) is 0 Å². The Hall–Kier alpha value is -0.650. The Morgan fingerprint density at radius 2 is 2.14 bits per heavy atom. The van der Waals surface area contributed by atoms with E-state index in [0.717, 1.165) is 19.7 Å². The normalized spacial score (nSPS) is 10.6. The van der Waals surface area contributed by atoms with Gasteiger partial charge in [0.05, 0.1) is 13.2 Å². The fourth-order valence-corrected chi connectivity index (χ4v) is 0.968. The van der Waals surface area contributed by atoms with Crippen molar-refractivity contribution in [3.8, 4) is 0 Å². The summed E-state index contributed by atoms with van der Waals surface area (Å²) < 4.78 is 4.94. The van der Waals surface area contributed by atoms with Gasteiger partial charge in [-0.05, 0) is 14.1 Å². The van der Waals surface area contributed by atoms with Gasteiger partial charge in [-0.15, -0.1) is 0 Å². The van der Waals surface area contributed by atoms with Gasteiger partial charge in [0, 0.05) is 26.7 Å². The Labute approximate surface area is 85.8 Å². The van der Waals surface area contributed by atoms with Gasteiger partial charge in [0.2, 0.25) is 5.91 Å². The molecule has 0 heterocycles. The molecule has 0 bridgehead atoms. The molecule has 0 fully saturated rings. The Balaban J connectivity index is 3.29. The van der Waals surface area contributed by atoms with Crippen LogP contribution in [0.4, 0.5) is 0 Å². The second-order valence-electron chi connectivity index (χ2n) is 3.18. The predicted molar refractivity (Wildman–Crippen MR) is 56.3 cm³/mol. The standard InChI is InChI=1S/C9H21N3O2/c1-10-8-9(13)11-4-5-12(2)6-7-14-3/h10H,4-8H2,1-3H3,(H,11,13). The molecule has 0 aromatic carbocycles. The minimum absolute atomic E-state index is 0.0349. The molecule has 5 nitrogen and oxygen atoms in total. The summed E-state index contributed by atoms with van der Waals surface area (Å²) in [6, 6.07) is 0. The second kappa shape index (κ2) is 8.93. The van der Waals surface area contributed by atoms with E-state index in [1.54, 1.807) is 14.2 Å². The SMILES string of the molecule is CNCC(=O)NCCN(C)CCOC. The fourth-order valence-electron chi connectivity index (χ4n) is 0.968. The number of carbonyl (C=O) groups excluding carboxylic acids is 1. The zero-order valence-electron chi connectivity index (χ0n) is 9.30. The van der Waals surface area contributed by atoms with Crippen LogP contribution >= 0.6 is 0 Å².